The van der Waals surface area contributed by atoms with Gasteiger partial charge >= 0.3 is 0 Å². The Hall–Kier alpha value is -3.72. The second-order valence-electron chi connectivity index (χ2n) is 6.66. The molecule has 0 spiro atoms. The number of carbonyl (C=O) groups excluding carboxylic acids is 1. The molecule has 0 fully saturated rings. The maximum absolute atomic E-state index is 12.5. The molecule has 0 saturated heterocycles. The van der Waals surface area contributed by atoms with Crippen molar-refractivity contribution in [3.8, 4) is 0 Å². The van der Waals surface area contributed by atoms with E-state index in [9.17, 15) is 23.3 Å². The normalized spacial score (nSPS) is 11.0. The summed E-state index contributed by atoms with van der Waals surface area (Å²) >= 11 is 0. The Kier molecular flexibility index (Phi) is 5.84. The van der Waals surface area contributed by atoms with Crippen molar-refractivity contribution in [2.24, 2.45) is 0 Å². The summed E-state index contributed by atoms with van der Waals surface area (Å²) in [4.78, 5) is 23.0. The fourth-order valence-corrected chi connectivity index (χ4v) is 3.88. The lowest BCUT2D eigenvalue weighted by molar-refractivity contribution is -0.385. The van der Waals surface area contributed by atoms with E-state index in [1.54, 1.807) is 24.3 Å². The number of sulfonamides is 1. The summed E-state index contributed by atoms with van der Waals surface area (Å²) in [6, 6.07) is 16.8. The van der Waals surface area contributed by atoms with Gasteiger partial charge in [-0.25, -0.2) is 8.42 Å². The van der Waals surface area contributed by atoms with Crippen LogP contribution in [-0.4, -0.2) is 19.2 Å². The Labute approximate surface area is 173 Å². The number of carbonyl (C=O) groups is 1. The van der Waals surface area contributed by atoms with E-state index in [-0.39, 0.29) is 21.7 Å². The Morgan fingerprint density at radius 3 is 2.10 bits per heavy atom. The third-order valence-corrected chi connectivity index (χ3v) is 5.87. The van der Waals surface area contributed by atoms with E-state index in [2.05, 4.69) is 10.0 Å². The maximum Gasteiger partial charge on any atom is 0.273 e. The number of benzene rings is 3. The van der Waals surface area contributed by atoms with Crippen LogP contribution < -0.4 is 10.0 Å². The average Bonchev–Trinajstić information content (AvgIpc) is 2.70. The summed E-state index contributed by atoms with van der Waals surface area (Å²) in [6.45, 7) is 3.40. The molecule has 0 aromatic heterocycles. The van der Waals surface area contributed by atoms with Gasteiger partial charge in [0, 0.05) is 28.6 Å². The van der Waals surface area contributed by atoms with Gasteiger partial charge in [-0.1, -0.05) is 23.8 Å². The highest BCUT2D eigenvalue weighted by atomic mass is 32.2. The number of nitrogens with zero attached hydrogens (tertiary/aromatic N) is 1. The van der Waals surface area contributed by atoms with Crippen LogP contribution in [0, 0.1) is 24.0 Å². The molecule has 0 saturated carbocycles. The first-order valence-corrected chi connectivity index (χ1v) is 10.4. The summed E-state index contributed by atoms with van der Waals surface area (Å²) < 4.78 is 27.5. The Morgan fingerprint density at radius 2 is 1.50 bits per heavy atom. The van der Waals surface area contributed by atoms with Crippen molar-refractivity contribution < 1.29 is 18.1 Å². The molecule has 2 N–H and O–H groups in total. The number of anilines is 2. The molecule has 0 aliphatic rings. The fourth-order valence-electron chi connectivity index (χ4n) is 2.82. The molecule has 3 aromatic rings. The zero-order valence-corrected chi connectivity index (χ0v) is 17.1. The zero-order chi connectivity index (χ0) is 21.9. The number of amides is 1. The number of aryl methyl sites for hydroxylation is 1. The molecule has 8 nitrogen and oxygen atoms in total. The number of nitro groups is 1. The van der Waals surface area contributed by atoms with Gasteiger partial charge in [-0.05, 0) is 56.3 Å². The van der Waals surface area contributed by atoms with Crippen molar-refractivity contribution in [3.05, 3.63) is 93.5 Å². The lowest BCUT2D eigenvalue weighted by Gasteiger charge is -2.10. The van der Waals surface area contributed by atoms with E-state index in [0.29, 0.717) is 11.4 Å². The van der Waals surface area contributed by atoms with Crippen molar-refractivity contribution in [2.75, 3.05) is 10.0 Å². The molecule has 154 valence electrons. The fraction of sp³-hybridized carbons (Fsp3) is 0.0952. The molecule has 9 heteroatoms. The predicted molar refractivity (Wildman–Crippen MR) is 114 cm³/mol. The molecule has 1 amide bonds. The topological polar surface area (TPSA) is 118 Å². The van der Waals surface area contributed by atoms with Crippen LogP contribution in [-0.2, 0) is 10.0 Å². The van der Waals surface area contributed by atoms with Crippen molar-refractivity contribution in [2.45, 2.75) is 18.7 Å². The first-order valence-electron chi connectivity index (χ1n) is 8.92. The van der Waals surface area contributed by atoms with Gasteiger partial charge < -0.3 is 5.32 Å². The molecule has 0 heterocycles. The highest BCUT2D eigenvalue weighted by Gasteiger charge is 2.19. The summed E-state index contributed by atoms with van der Waals surface area (Å²) in [7, 11) is -3.78. The van der Waals surface area contributed by atoms with Crippen LogP contribution in [0.4, 0.5) is 17.1 Å². The minimum atomic E-state index is -3.78. The van der Waals surface area contributed by atoms with Gasteiger partial charge in [0.1, 0.15) is 0 Å². The lowest BCUT2D eigenvalue weighted by Crippen LogP contribution is -2.15. The predicted octanol–water partition coefficient (Wildman–Crippen LogP) is 4.26. The number of hydrogen-bond acceptors (Lipinski definition) is 5. The first kappa shape index (κ1) is 21.0. The molecule has 0 aliphatic heterocycles. The van der Waals surface area contributed by atoms with Gasteiger partial charge in [0.2, 0.25) is 0 Å². The Morgan fingerprint density at radius 1 is 0.900 bits per heavy atom. The summed E-state index contributed by atoms with van der Waals surface area (Å²) in [5, 5.41) is 13.7. The summed E-state index contributed by atoms with van der Waals surface area (Å²) in [6.07, 6.45) is 0. The van der Waals surface area contributed by atoms with Crippen molar-refractivity contribution >= 4 is 33.0 Å². The standard InChI is InChI=1S/C21H19N3O5S/c1-14-6-8-17(9-7-14)23-30(28,29)18-12-10-16(11-13-18)22-21(25)19-4-3-5-20(15(19)2)24(26)27/h3-13,23H,1-2H3,(H,22,25). The number of nitro benzene ring substituents is 1. The van der Waals surface area contributed by atoms with E-state index < -0.39 is 20.9 Å². The van der Waals surface area contributed by atoms with Gasteiger partial charge in [-0.15, -0.1) is 0 Å². The second-order valence-corrected chi connectivity index (χ2v) is 8.34. The minimum absolute atomic E-state index is 0.0348. The Bertz CT molecular complexity index is 1200. The monoisotopic (exact) mass is 425 g/mol. The van der Waals surface area contributed by atoms with Crippen LogP contribution in [0.15, 0.2) is 71.6 Å². The van der Waals surface area contributed by atoms with E-state index in [0.717, 1.165) is 5.56 Å². The van der Waals surface area contributed by atoms with E-state index in [1.807, 2.05) is 6.92 Å². The highest BCUT2D eigenvalue weighted by molar-refractivity contribution is 7.92. The molecule has 0 bridgehead atoms. The molecule has 30 heavy (non-hydrogen) atoms. The van der Waals surface area contributed by atoms with Crippen LogP contribution in [0.5, 0.6) is 0 Å². The summed E-state index contributed by atoms with van der Waals surface area (Å²) in [5.74, 6) is -0.524. The third kappa shape index (κ3) is 4.64. The first-order chi connectivity index (χ1) is 14.2. The third-order valence-electron chi connectivity index (χ3n) is 4.47. The van der Waals surface area contributed by atoms with E-state index in [4.69, 9.17) is 0 Å². The smallest absolute Gasteiger partial charge is 0.273 e. The maximum atomic E-state index is 12.5. The van der Waals surface area contributed by atoms with Crippen LogP contribution in [0.2, 0.25) is 0 Å². The van der Waals surface area contributed by atoms with Crippen LogP contribution >= 0.6 is 0 Å². The van der Waals surface area contributed by atoms with Gasteiger partial charge in [-0.2, -0.15) is 0 Å². The second kappa shape index (κ2) is 8.34. The van der Waals surface area contributed by atoms with Crippen molar-refractivity contribution in [1.82, 2.24) is 0 Å². The van der Waals surface area contributed by atoms with E-state index >= 15 is 0 Å². The van der Waals surface area contributed by atoms with E-state index in [1.165, 1.54) is 49.4 Å². The van der Waals surface area contributed by atoms with Gasteiger partial charge in [0.25, 0.3) is 21.6 Å². The van der Waals surface area contributed by atoms with Crippen LogP contribution in [0.25, 0.3) is 0 Å². The minimum Gasteiger partial charge on any atom is -0.322 e. The highest BCUT2D eigenvalue weighted by Crippen LogP contribution is 2.23. The molecule has 0 atom stereocenters. The van der Waals surface area contributed by atoms with Gasteiger partial charge in [-0.3, -0.25) is 19.6 Å². The van der Waals surface area contributed by atoms with Crippen molar-refractivity contribution in [1.29, 1.82) is 0 Å². The van der Waals surface area contributed by atoms with Crippen molar-refractivity contribution in [3.63, 3.8) is 0 Å². The zero-order valence-electron chi connectivity index (χ0n) is 16.2. The quantitative estimate of drug-likeness (QED) is 0.452. The van der Waals surface area contributed by atoms with Crippen LogP contribution in [0.3, 0.4) is 0 Å². The SMILES string of the molecule is Cc1ccc(NS(=O)(=O)c2ccc(NC(=O)c3cccc([N+](=O)[O-])c3C)cc2)cc1. The molecular formula is C21H19N3O5S. The largest absolute Gasteiger partial charge is 0.322 e. The lowest BCUT2D eigenvalue weighted by atomic mass is 10.1. The molecule has 3 aromatic carbocycles. The molecule has 0 aliphatic carbocycles. The molecule has 0 unspecified atom stereocenters. The molecule has 0 radical (unpaired) electrons. The van der Waals surface area contributed by atoms with Gasteiger partial charge in [0.05, 0.1) is 9.82 Å². The summed E-state index contributed by atoms with van der Waals surface area (Å²) in [5.41, 5.74) is 2.09. The number of hydrogen-bond donors (Lipinski definition) is 2. The molecular weight excluding hydrogens is 406 g/mol. The number of rotatable bonds is 6. The van der Waals surface area contributed by atoms with Gasteiger partial charge in [0.15, 0.2) is 0 Å². The number of nitrogens with one attached hydrogen (secondary N) is 2. The molecule has 3 rings (SSSR count). The Balaban J connectivity index is 1.76. The average molecular weight is 425 g/mol. The van der Waals surface area contributed by atoms with Crippen LogP contribution in [0.1, 0.15) is 21.5 Å².